The van der Waals surface area contributed by atoms with Crippen molar-refractivity contribution < 1.29 is 13.2 Å². The molecule has 8 nitrogen and oxygen atoms in total. The molecule has 3 N–H and O–H groups in total. The lowest BCUT2D eigenvalue weighted by atomic mass is 10.2. The first kappa shape index (κ1) is 21.2. The molecule has 11 heteroatoms. The van der Waals surface area contributed by atoms with Gasteiger partial charge >= 0.3 is 6.03 Å². The van der Waals surface area contributed by atoms with Crippen LogP contribution >= 0.6 is 24.0 Å². The highest BCUT2D eigenvalue weighted by molar-refractivity contribution is 7.89. The molecule has 2 aromatic carbocycles. The minimum Gasteiger partial charge on any atom is -0.308 e. The molecule has 0 unspecified atom stereocenters. The first-order valence-corrected chi connectivity index (χ1v) is 11.8. The van der Waals surface area contributed by atoms with Crippen LogP contribution in [-0.4, -0.2) is 24.4 Å². The Labute approximate surface area is 188 Å². The fraction of sp³-hybridized carbons (Fsp3) is 0.0500. The summed E-state index contributed by atoms with van der Waals surface area (Å²) in [5.74, 6) is 0. The summed E-state index contributed by atoms with van der Waals surface area (Å²) in [6.45, 7) is 0.307. The minimum atomic E-state index is -3.81. The maximum absolute atomic E-state index is 13.2. The SMILES string of the molecule is NS(=O)(=O)c1ccc(NC(=O)N(Cc2ccncc2)c2ccc3nc(S)sc3c2)cc1. The molecule has 0 spiro atoms. The average molecular weight is 472 g/mol. The van der Waals surface area contributed by atoms with Gasteiger partial charge in [-0.05, 0) is 60.2 Å². The lowest BCUT2D eigenvalue weighted by Gasteiger charge is -2.23. The van der Waals surface area contributed by atoms with E-state index in [1.807, 2.05) is 30.3 Å². The smallest absolute Gasteiger partial charge is 0.308 e. The minimum absolute atomic E-state index is 0.0302. The fourth-order valence-corrected chi connectivity index (χ4v) is 4.60. The Kier molecular flexibility index (Phi) is 5.92. The molecule has 0 aliphatic heterocycles. The van der Waals surface area contributed by atoms with Gasteiger partial charge in [0.2, 0.25) is 10.0 Å². The predicted octanol–water partition coefficient (Wildman–Crippen LogP) is 3.87. The molecule has 2 amide bonds. The molecule has 0 fully saturated rings. The summed E-state index contributed by atoms with van der Waals surface area (Å²) in [6, 6.07) is 14.5. The Balaban J connectivity index is 1.64. The van der Waals surface area contributed by atoms with Crippen molar-refractivity contribution in [3.8, 4) is 0 Å². The summed E-state index contributed by atoms with van der Waals surface area (Å²) < 4.78 is 24.4. The van der Waals surface area contributed by atoms with E-state index < -0.39 is 10.0 Å². The number of nitrogens with one attached hydrogen (secondary N) is 1. The Morgan fingerprint density at radius 2 is 1.81 bits per heavy atom. The molecule has 0 aliphatic rings. The van der Waals surface area contributed by atoms with Crippen molar-refractivity contribution >= 4 is 61.6 Å². The number of aromatic nitrogens is 2. The molecule has 0 radical (unpaired) electrons. The number of carbonyl (C=O) groups excluding carboxylic acids is 1. The molecule has 4 rings (SSSR count). The van der Waals surface area contributed by atoms with Crippen LogP contribution in [0.1, 0.15) is 5.56 Å². The summed E-state index contributed by atoms with van der Waals surface area (Å²) in [5.41, 5.74) is 2.82. The van der Waals surface area contributed by atoms with E-state index in [-0.39, 0.29) is 10.9 Å². The van der Waals surface area contributed by atoms with E-state index >= 15 is 0 Å². The van der Waals surface area contributed by atoms with Crippen LogP contribution in [0.2, 0.25) is 0 Å². The molecule has 0 saturated carbocycles. The van der Waals surface area contributed by atoms with Crippen molar-refractivity contribution in [2.75, 3.05) is 10.2 Å². The van der Waals surface area contributed by atoms with Gasteiger partial charge in [0.15, 0.2) is 0 Å². The number of carbonyl (C=O) groups is 1. The fourth-order valence-electron chi connectivity index (χ4n) is 2.94. The van der Waals surface area contributed by atoms with Crippen molar-refractivity contribution in [3.63, 3.8) is 0 Å². The van der Waals surface area contributed by atoms with Crippen molar-refractivity contribution in [2.45, 2.75) is 15.8 Å². The number of hydrogen-bond donors (Lipinski definition) is 3. The monoisotopic (exact) mass is 471 g/mol. The molecular weight excluding hydrogens is 454 g/mol. The number of thiazole rings is 1. The van der Waals surface area contributed by atoms with Crippen LogP contribution in [0.5, 0.6) is 0 Å². The van der Waals surface area contributed by atoms with E-state index in [1.54, 1.807) is 17.3 Å². The number of anilines is 2. The van der Waals surface area contributed by atoms with E-state index in [0.29, 0.717) is 22.3 Å². The molecule has 0 saturated heterocycles. The number of nitrogens with zero attached hydrogens (tertiary/aromatic N) is 3. The van der Waals surface area contributed by atoms with Crippen molar-refractivity contribution in [1.82, 2.24) is 9.97 Å². The summed E-state index contributed by atoms with van der Waals surface area (Å²) in [7, 11) is -3.81. The topological polar surface area (TPSA) is 118 Å². The zero-order valence-corrected chi connectivity index (χ0v) is 18.5. The normalized spacial score (nSPS) is 11.4. The lowest BCUT2D eigenvalue weighted by molar-refractivity contribution is 0.256. The van der Waals surface area contributed by atoms with Gasteiger partial charge in [0.05, 0.1) is 21.7 Å². The number of nitrogens with two attached hydrogens (primary N) is 1. The average Bonchev–Trinajstić information content (AvgIpc) is 3.11. The van der Waals surface area contributed by atoms with Gasteiger partial charge in [-0.3, -0.25) is 9.88 Å². The van der Waals surface area contributed by atoms with Crippen LogP contribution in [0.15, 0.2) is 76.2 Å². The van der Waals surface area contributed by atoms with E-state index in [1.165, 1.54) is 35.6 Å². The highest BCUT2D eigenvalue weighted by atomic mass is 32.2. The highest BCUT2D eigenvalue weighted by Crippen LogP contribution is 2.29. The third kappa shape index (κ3) is 5.02. The molecule has 0 atom stereocenters. The molecule has 31 heavy (non-hydrogen) atoms. The molecule has 0 bridgehead atoms. The van der Waals surface area contributed by atoms with Gasteiger partial charge < -0.3 is 5.32 Å². The number of rotatable bonds is 5. The molecule has 4 aromatic rings. The molecule has 0 aliphatic carbocycles. The number of hydrogen-bond acceptors (Lipinski definition) is 7. The van der Waals surface area contributed by atoms with Crippen LogP contribution in [0.3, 0.4) is 0 Å². The molecule has 2 heterocycles. The second-order valence-electron chi connectivity index (χ2n) is 6.59. The predicted molar refractivity (Wildman–Crippen MR) is 124 cm³/mol. The zero-order chi connectivity index (χ0) is 22.0. The van der Waals surface area contributed by atoms with Gasteiger partial charge in [-0.25, -0.2) is 23.3 Å². The number of sulfonamides is 1. The van der Waals surface area contributed by atoms with Crippen LogP contribution in [0.25, 0.3) is 10.2 Å². The Hall–Kier alpha value is -2.99. The van der Waals surface area contributed by atoms with E-state index in [2.05, 4.69) is 27.9 Å². The van der Waals surface area contributed by atoms with Crippen LogP contribution in [0.4, 0.5) is 16.2 Å². The maximum atomic E-state index is 13.2. The van der Waals surface area contributed by atoms with Gasteiger partial charge in [-0.2, -0.15) is 0 Å². The lowest BCUT2D eigenvalue weighted by Crippen LogP contribution is -2.34. The number of urea groups is 1. The van der Waals surface area contributed by atoms with Gasteiger partial charge in [0.25, 0.3) is 0 Å². The zero-order valence-electron chi connectivity index (χ0n) is 16.0. The van der Waals surface area contributed by atoms with Crippen LogP contribution in [-0.2, 0) is 16.6 Å². The van der Waals surface area contributed by atoms with Crippen molar-refractivity contribution in [3.05, 3.63) is 72.6 Å². The first-order chi connectivity index (χ1) is 14.8. The maximum Gasteiger partial charge on any atom is 0.326 e. The van der Waals surface area contributed by atoms with Gasteiger partial charge in [-0.1, -0.05) is 0 Å². The number of primary sulfonamides is 1. The van der Waals surface area contributed by atoms with E-state index in [4.69, 9.17) is 5.14 Å². The number of thiol groups is 1. The number of pyridine rings is 1. The summed E-state index contributed by atoms with van der Waals surface area (Å²) >= 11 is 5.73. The number of amides is 2. The highest BCUT2D eigenvalue weighted by Gasteiger charge is 2.18. The Bertz CT molecular complexity index is 1340. The van der Waals surface area contributed by atoms with Crippen LogP contribution < -0.4 is 15.4 Å². The van der Waals surface area contributed by atoms with Gasteiger partial charge in [0.1, 0.15) is 4.34 Å². The summed E-state index contributed by atoms with van der Waals surface area (Å²) in [5, 5.41) is 7.93. The van der Waals surface area contributed by atoms with Crippen molar-refractivity contribution in [1.29, 1.82) is 0 Å². The third-order valence-corrected chi connectivity index (χ3v) is 6.57. The second-order valence-corrected chi connectivity index (χ2v) is 9.91. The second kappa shape index (κ2) is 8.63. The molecule has 2 aromatic heterocycles. The number of benzene rings is 2. The number of fused-ring (bicyclic) bond motifs is 1. The molecule has 158 valence electrons. The third-order valence-electron chi connectivity index (χ3n) is 4.44. The van der Waals surface area contributed by atoms with E-state index in [0.717, 1.165) is 15.8 Å². The summed E-state index contributed by atoms with van der Waals surface area (Å²) in [6.07, 6.45) is 3.33. The largest absolute Gasteiger partial charge is 0.326 e. The quantitative estimate of drug-likeness (QED) is 0.382. The Morgan fingerprint density at radius 3 is 2.48 bits per heavy atom. The van der Waals surface area contributed by atoms with Gasteiger partial charge in [-0.15, -0.1) is 24.0 Å². The van der Waals surface area contributed by atoms with Gasteiger partial charge in [0, 0.05) is 23.8 Å². The van der Waals surface area contributed by atoms with Crippen LogP contribution in [0, 0.1) is 0 Å². The summed E-state index contributed by atoms with van der Waals surface area (Å²) in [4.78, 5) is 23.1. The van der Waals surface area contributed by atoms with E-state index in [9.17, 15) is 13.2 Å². The van der Waals surface area contributed by atoms with Crippen molar-refractivity contribution in [2.24, 2.45) is 5.14 Å². The standard InChI is InChI=1S/C20H17N5O3S3/c21-31(27,28)16-4-1-14(2-5-16)23-19(26)25(12-13-7-9-22-10-8-13)15-3-6-17-18(11-15)30-20(29)24-17/h1-11H,12H2,(H,23,26)(H,24,29)(H2,21,27,28). The molecular formula is C20H17N5O3S3. The first-order valence-electron chi connectivity index (χ1n) is 8.99. The Morgan fingerprint density at radius 1 is 1.10 bits per heavy atom.